The summed E-state index contributed by atoms with van der Waals surface area (Å²) < 4.78 is 1.60. The van der Waals surface area contributed by atoms with E-state index in [9.17, 15) is 9.59 Å². The molecule has 6 heteroatoms. The SMILES string of the molecule is Cn1ccnc1C(=O)Nc1ccc(C(=O)O)cc1. The molecule has 2 rings (SSSR count). The molecule has 2 N–H and O–H groups in total. The van der Waals surface area contributed by atoms with Crippen molar-refractivity contribution in [2.75, 3.05) is 5.32 Å². The zero-order valence-electron chi connectivity index (χ0n) is 9.62. The maximum absolute atomic E-state index is 11.8. The van der Waals surface area contributed by atoms with Gasteiger partial charge in [0, 0.05) is 25.1 Å². The van der Waals surface area contributed by atoms with Crippen molar-refractivity contribution in [2.45, 2.75) is 0 Å². The Morgan fingerprint density at radius 1 is 1.28 bits per heavy atom. The number of carbonyl (C=O) groups is 2. The molecule has 6 nitrogen and oxygen atoms in total. The molecule has 0 fully saturated rings. The van der Waals surface area contributed by atoms with Gasteiger partial charge < -0.3 is 15.0 Å². The Labute approximate surface area is 103 Å². The zero-order chi connectivity index (χ0) is 13.1. The molecule has 0 aliphatic rings. The first kappa shape index (κ1) is 11.8. The number of hydrogen-bond donors (Lipinski definition) is 2. The predicted molar refractivity (Wildman–Crippen MR) is 64.6 cm³/mol. The van der Waals surface area contributed by atoms with Crippen molar-refractivity contribution in [1.82, 2.24) is 9.55 Å². The second-order valence-electron chi connectivity index (χ2n) is 3.70. The number of hydrogen-bond acceptors (Lipinski definition) is 3. The molecule has 1 aromatic heterocycles. The van der Waals surface area contributed by atoms with Crippen LogP contribution in [0.2, 0.25) is 0 Å². The van der Waals surface area contributed by atoms with E-state index in [2.05, 4.69) is 10.3 Å². The van der Waals surface area contributed by atoms with Crippen LogP contribution in [0, 0.1) is 0 Å². The molecule has 0 spiro atoms. The maximum atomic E-state index is 11.8. The third-order valence-electron chi connectivity index (χ3n) is 2.41. The smallest absolute Gasteiger partial charge is 0.335 e. The van der Waals surface area contributed by atoms with Gasteiger partial charge in [0.25, 0.3) is 5.91 Å². The van der Waals surface area contributed by atoms with Crippen LogP contribution in [0.1, 0.15) is 21.0 Å². The van der Waals surface area contributed by atoms with E-state index < -0.39 is 5.97 Å². The highest BCUT2D eigenvalue weighted by molar-refractivity contribution is 6.02. The summed E-state index contributed by atoms with van der Waals surface area (Å²) in [5, 5.41) is 11.4. The van der Waals surface area contributed by atoms with Gasteiger partial charge in [-0.25, -0.2) is 9.78 Å². The van der Waals surface area contributed by atoms with Crippen molar-refractivity contribution in [3.63, 3.8) is 0 Å². The van der Waals surface area contributed by atoms with Crippen LogP contribution in [0.3, 0.4) is 0 Å². The molecular formula is C12H11N3O3. The molecule has 1 amide bonds. The van der Waals surface area contributed by atoms with E-state index in [0.717, 1.165) is 0 Å². The van der Waals surface area contributed by atoms with E-state index in [1.807, 2.05) is 0 Å². The van der Waals surface area contributed by atoms with Crippen LogP contribution in [0.25, 0.3) is 0 Å². The van der Waals surface area contributed by atoms with E-state index in [1.165, 1.54) is 30.5 Å². The lowest BCUT2D eigenvalue weighted by Gasteiger charge is -2.05. The topological polar surface area (TPSA) is 84.2 Å². The monoisotopic (exact) mass is 245 g/mol. The number of carboxylic acids is 1. The Bertz CT molecular complexity index is 587. The summed E-state index contributed by atoms with van der Waals surface area (Å²) in [6, 6.07) is 5.92. The molecule has 0 radical (unpaired) electrons. The van der Waals surface area contributed by atoms with Crippen molar-refractivity contribution in [3.05, 3.63) is 48.0 Å². The zero-order valence-corrected chi connectivity index (χ0v) is 9.62. The molecule has 18 heavy (non-hydrogen) atoms. The summed E-state index contributed by atoms with van der Waals surface area (Å²) in [6.45, 7) is 0. The number of aryl methyl sites for hydroxylation is 1. The fraction of sp³-hybridized carbons (Fsp3) is 0.0833. The van der Waals surface area contributed by atoms with E-state index in [4.69, 9.17) is 5.11 Å². The lowest BCUT2D eigenvalue weighted by molar-refractivity contribution is 0.0696. The van der Waals surface area contributed by atoms with Crippen LogP contribution in [0.5, 0.6) is 0 Å². The van der Waals surface area contributed by atoms with Gasteiger partial charge in [0.05, 0.1) is 5.56 Å². The average Bonchev–Trinajstić information content (AvgIpc) is 2.76. The minimum atomic E-state index is -1.00. The third-order valence-corrected chi connectivity index (χ3v) is 2.41. The number of nitrogens with zero attached hydrogens (tertiary/aromatic N) is 2. The second kappa shape index (κ2) is 4.70. The first-order valence-corrected chi connectivity index (χ1v) is 5.20. The van der Waals surface area contributed by atoms with Gasteiger partial charge in [-0.05, 0) is 24.3 Å². The second-order valence-corrected chi connectivity index (χ2v) is 3.70. The van der Waals surface area contributed by atoms with Gasteiger partial charge in [0.2, 0.25) is 0 Å². The van der Waals surface area contributed by atoms with Crippen LogP contribution in [0.15, 0.2) is 36.7 Å². The largest absolute Gasteiger partial charge is 0.478 e. The first-order chi connectivity index (χ1) is 8.58. The summed E-state index contributed by atoms with van der Waals surface area (Å²) in [5.41, 5.74) is 0.693. The van der Waals surface area contributed by atoms with E-state index in [-0.39, 0.29) is 17.3 Å². The highest BCUT2D eigenvalue weighted by atomic mass is 16.4. The third kappa shape index (κ3) is 2.37. The molecule has 0 bridgehead atoms. The molecule has 0 unspecified atom stereocenters. The Morgan fingerprint density at radius 2 is 1.94 bits per heavy atom. The lowest BCUT2D eigenvalue weighted by Crippen LogP contribution is -2.16. The lowest BCUT2D eigenvalue weighted by atomic mass is 10.2. The minimum Gasteiger partial charge on any atom is -0.478 e. The Kier molecular flexibility index (Phi) is 3.09. The van der Waals surface area contributed by atoms with Gasteiger partial charge in [-0.15, -0.1) is 0 Å². The van der Waals surface area contributed by atoms with Crippen LogP contribution in [-0.4, -0.2) is 26.5 Å². The minimum absolute atomic E-state index is 0.171. The predicted octanol–water partition coefficient (Wildman–Crippen LogP) is 1.37. The van der Waals surface area contributed by atoms with Crippen molar-refractivity contribution >= 4 is 17.6 Å². The Hall–Kier alpha value is -2.63. The number of anilines is 1. The average molecular weight is 245 g/mol. The van der Waals surface area contributed by atoms with Crippen LogP contribution < -0.4 is 5.32 Å². The van der Waals surface area contributed by atoms with Gasteiger partial charge in [0.1, 0.15) is 0 Å². The number of aromatic carboxylic acids is 1. The van der Waals surface area contributed by atoms with Gasteiger partial charge in [-0.2, -0.15) is 0 Å². The first-order valence-electron chi connectivity index (χ1n) is 5.20. The van der Waals surface area contributed by atoms with Gasteiger partial charge in [-0.1, -0.05) is 0 Å². The summed E-state index contributed by atoms with van der Waals surface area (Å²) in [5.74, 6) is -1.06. The number of amides is 1. The van der Waals surface area contributed by atoms with Gasteiger partial charge in [-0.3, -0.25) is 4.79 Å². The highest BCUT2D eigenvalue weighted by Gasteiger charge is 2.11. The fourth-order valence-corrected chi connectivity index (χ4v) is 1.47. The Balaban J connectivity index is 2.13. The molecule has 0 aliphatic heterocycles. The number of nitrogens with one attached hydrogen (secondary N) is 1. The fourth-order valence-electron chi connectivity index (χ4n) is 1.47. The molecular weight excluding hydrogens is 234 g/mol. The number of benzene rings is 1. The number of carboxylic acid groups (broad SMARTS) is 1. The number of carbonyl (C=O) groups excluding carboxylic acids is 1. The van der Waals surface area contributed by atoms with E-state index >= 15 is 0 Å². The Morgan fingerprint density at radius 3 is 2.44 bits per heavy atom. The molecule has 0 atom stereocenters. The molecule has 0 saturated heterocycles. The summed E-state index contributed by atoms with van der Waals surface area (Å²) in [4.78, 5) is 26.4. The molecule has 0 saturated carbocycles. The van der Waals surface area contributed by atoms with Crippen LogP contribution in [0.4, 0.5) is 5.69 Å². The number of aromatic nitrogens is 2. The molecule has 1 heterocycles. The van der Waals surface area contributed by atoms with Gasteiger partial charge in [0.15, 0.2) is 5.82 Å². The normalized spacial score (nSPS) is 10.1. The van der Waals surface area contributed by atoms with Crippen LogP contribution >= 0.6 is 0 Å². The standard InChI is InChI=1S/C12H11N3O3/c1-15-7-6-13-10(15)11(16)14-9-4-2-8(3-5-9)12(17)18/h2-7H,1H3,(H,14,16)(H,17,18). The van der Waals surface area contributed by atoms with Crippen molar-refractivity contribution < 1.29 is 14.7 Å². The molecule has 1 aromatic carbocycles. The summed E-state index contributed by atoms with van der Waals surface area (Å²) in [6.07, 6.45) is 3.20. The molecule has 0 aliphatic carbocycles. The van der Waals surface area contributed by atoms with Crippen LogP contribution in [-0.2, 0) is 7.05 Å². The van der Waals surface area contributed by atoms with Crippen molar-refractivity contribution in [2.24, 2.45) is 7.05 Å². The summed E-state index contributed by atoms with van der Waals surface area (Å²) >= 11 is 0. The van der Waals surface area contributed by atoms with Gasteiger partial charge >= 0.3 is 5.97 Å². The molecule has 92 valence electrons. The highest BCUT2D eigenvalue weighted by Crippen LogP contribution is 2.10. The maximum Gasteiger partial charge on any atom is 0.335 e. The number of rotatable bonds is 3. The number of imidazole rings is 1. The summed E-state index contributed by atoms with van der Waals surface area (Å²) in [7, 11) is 1.72. The quantitative estimate of drug-likeness (QED) is 0.855. The van der Waals surface area contributed by atoms with E-state index in [0.29, 0.717) is 5.69 Å². The molecule has 2 aromatic rings. The van der Waals surface area contributed by atoms with E-state index in [1.54, 1.807) is 17.8 Å². The van der Waals surface area contributed by atoms with Crippen molar-refractivity contribution in [3.8, 4) is 0 Å². The van der Waals surface area contributed by atoms with Crippen molar-refractivity contribution in [1.29, 1.82) is 0 Å².